The highest BCUT2D eigenvalue weighted by Gasteiger charge is 2.10. The first kappa shape index (κ1) is 13.1. The first-order valence-electron chi connectivity index (χ1n) is 6.37. The van der Waals surface area contributed by atoms with Crippen LogP contribution in [-0.2, 0) is 6.42 Å². The van der Waals surface area contributed by atoms with Gasteiger partial charge in [0.1, 0.15) is 17.2 Å². The lowest BCUT2D eigenvalue weighted by molar-refractivity contribution is 0.608. The SMILES string of the molecule is N#CCc1cccc2c(=O)cc(-c3cccc(F)c3)oc12. The summed E-state index contributed by atoms with van der Waals surface area (Å²) in [6.07, 6.45) is 0.146. The Morgan fingerprint density at radius 2 is 1.95 bits per heavy atom. The maximum Gasteiger partial charge on any atom is 0.193 e. The van der Waals surface area contributed by atoms with Crippen molar-refractivity contribution in [2.75, 3.05) is 0 Å². The number of hydrogen-bond donors (Lipinski definition) is 0. The van der Waals surface area contributed by atoms with E-state index in [2.05, 4.69) is 0 Å². The molecule has 3 rings (SSSR count). The Kier molecular flexibility index (Phi) is 3.25. The fourth-order valence-corrected chi connectivity index (χ4v) is 2.24. The van der Waals surface area contributed by atoms with Crippen LogP contribution >= 0.6 is 0 Å². The molecule has 0 aliphatic rings. The van der Waals surface area contributed by atoms with Gasteiger partial charge in [-0.15, -0.1) is 0 Å². The zero-order valence-corrected chi connectivity index (χ0v) is 11.0. The van der Waals surface area contributed by atoms with Crippen LogP contribution in [0.5, 0.6) is 0 Å². The van der Waals surface area contributed by atoms with E-state index in [1.165, 1.54) is 18.2 Å². The molecule has 0 radical (unpaired) electrons. The van der Waals surface area contributed by atoms with Gasteiger partial charge in [0.15, 0.2) is 5.43 Å². The summed E-state index contributed by atoms with van der Waals surface area (Å²) in [5, 5.41) is 9.27. The maximum atomic E-state index is 13.3. The molecule has 2 aromatic carbocycles. The van der Waals surface area contributed by atoms with Crippen LogP contribution < -0.4 is 5.43 Å². The van der Waals surface area contributed by atoms with Crippen molar-refractivity contribution in [1.29, 1.82) is 5.26 Å². The minimum Gasteiger partial charge on any atom is -0.455 e. The van der Waals surface area contributed by atoms with Crippen molar-refractivity contribution >= 4 is 11.0 Å². The molecule has 1 heterocycles. The van der Waals surface area contributed by atoms with Crippen LogP contribution in [-0.4, -0.2) is 0 Å². The van der Waals surface area contributed by atoms with E-state index in [4.69, 9.17) is 9.68 Å². The summed E-state index contributed by atoms with van der Waals surface area (Å²) in [6, 6.07) is 14.3. The van der Waals surface area contributed by atoms with Crippen molar-refractivity contribution in [2.24, 2.45) is 0 Å². The topological polar surface area (TPSA) is 54.0 Å². The van der Waals surface area contributed by atoms with Gasteiger partial charge in [0.05, 0.1) is 17.9 Å². The summed E-state index contributed by atoms with van der Waals surface area (Å²) in [5.41, 5.74) is 1.30. The van der Waals surface area contributed by atoms with Crippen LogP contribution in [0.3, 0.4) is 0 Å². The van der Waals surface area contributed by atoms with Crippen molar-refractivity contribution in [3.63, 3.8) is 0 Å². The van der Waals surface area contributed by atoms with Gasteiger partial charge in [0, 0.05) is 17.2 Å². The van der Waals surface area contributed by atoms with Crippen molar-refractivity contribution in [3.05, 3.63) is 70.1 Å². The predicted molar refractivity (Wildman–Crippen MR) is 77.2 cm³/mol. The molecule has 0 bridgehead atoms. The molecule has 0 saturated heterocycles. The molecule has 0 amide bonds. The first-order valence-corrected chi connectivity index (χ1v) is 6.37. The molecule has 1 aromatic heterocycles. The number of nitriles is 1. The van der Waals surface area contributed by atoms with Crippen molar-refractivity contribution in [1.82, 2.24) is 0 Å². The van der Waals surface area contributed by atoms with Crippen molar-refractivity contribution < 1.29 is 8.81 Å². The van der Waals surface area contributed by atoms with E-state index in [9.17, 15) is 9.18 Å². The second-order valence-corrected chi connectivity index (χ2v) is 4.61. The Hall–Kier alpha value is -2.93. The zero-order chi connectivity index (χ0) is 14.8. The molecule has 102 valence electrons. The Morgan fingerprint density at radius 3 is 2.71 bits per heavy atom. The second-order valence-electron chi connectivity index (χ2n) is 4.61. The third-order valence-electron chi connectivity index (χ3n) is 3.21. The van der Waals surface area contributed by atoms with E-state index in [0.29, 0.717) is 22.1 Å². The van der Waals surface area contributed by atoms with Gasteiger partial charge in [-0.1, -0.05) is 24.3 Å². The molecule has 0 saturated carbocycles. The highest BCUT2D eigenvalue weighted by molar-refractivity contribution is 5.81. The lowest BCUT2D eigenvalue weighted by Gasteiger charge is -2.06. The van der Waals surface area contributed by atoms with E-state index in [-0.39, 0.29) is 17.6 Å². The Morgan fingerprint density at radius 1 is 1.14 bits per heavy atom. The molecule has 0 aliphatic carbocycles. The van der Waals surface area contributed by atoms with E-state index in [1.54, 1.807) is 30.3 Å². The Bertz CT molecular complexity index is 922. The van der Waals surface area contributed by atoms with E-state index in [1.807, 2.05) is 6.07 Å². The van der Waals surface area contributed by atoms with Gasteiger partial charge in [-0.2, -0.15) is 5.26 Å². The molecule has 3 aromatic rings. The number of fused-ring (bicyclic) bond motifs is 1. The molecule has 0 fully saturated rings. The molecule has 21 heavy (non-hydrogen) atoms. The number of hydrogen-bond acceptors (Lipinski definition) is 3. The summed E-state index contributed by atoms with van der Waals surface area (Å²) in [6.45, 7) is 0. The monoisotopic (exact) mass is 279 g/mol. The minimum atomic E-state index is -0.402. The molecule has 0 aliphatic heterocycles. The lowest BCUT2D eigenvalue weighted by Crippen LogP contribution is -2.02. The van der Waals surface area contributed by atoms with Gasteiger partial charge in [-0.3, -0.25) is 4.79 Å². The second kappa shape index (κ2) is 5.22. The van der Waals surface area contributed by atoms with Crippen LogP contribution in [0.4, 0.5) is 4.39 Å². The average Bonchev–Trinajstić information content (AvgIpc) is 2.48. The van der Waals surface area contributed by atoms with Crippen molar-refractivity contribution in [2.45, 2.75) is 6.42 Å². The molecule has 0 spiro atoms. The van der Waals surface area contributed by atoms with Gasteiger partial charge < -0.3 is 4.42 Å². The molecule has 0 atom stereocenters. The summed E-state index contributed by atoms with van der Waals surface area (Å²) >= 11 is 0. The number of halogens is 1. The lowest BCUT2D eigenvalue weighted by atomic mass is 10.1. The van der Waals surface area contributed by atoms with E-state index in [0.717, 1.165) is 0 Å². The first-order chi connectivity index (χ1) is 10.2. The molecule has 3 nitrogen and oxygen atoms in total. The highest BCUT2D eigenvalue weighted by atomic mass is 19.1. The fraction of sp³-hybridized carbons (Fsp3) is 0.0588. The largest absolute Gasteiger partial charge is 0.455 e. The van der Waals surface area contributed by atoms with Crippen LogP contribution in [0.1, 0.15) is 5.56 Å². The van der Waals surface area contributed by atoms with Gasteiger partial charge in [-0.25, -0.2) is 4.39 Å². The molecular weight excluding hydrogens is 269 g/mol. The third-order valence-corrected chi connectivity index (χ3v) is 3.21. The summed E-state index contributed by atoms with van der Waals surface area (Å²) in [4.78, 5) is 12.2. The van der Waals surface area contributed by atoms with E-state index < -0.39 is 5.82 Å². The normalized spacial score (nSPS) is 10.5. The molecule has 0 unspecified atom stereocenters. The van der Waals surface area contributed by atoms with Crippen LogP contribution in [0.2, 0.25) is 0 Å². The van der Waals surface area contributed by atoms with Gasteiger partial charge >= 0.3 is 0 Å². The number of benzene rings is 2. The summed E-state index contributed by atoms with van der Waals surface area (Å²) in [7, 11) is 0. The molecular formula is C17H10FNO2. The van der Waals surface area contributed by atoms with Crippen LogP contribution in [0.25, 0.3) is 22.3 Å². The van der Waals surface area contributed by atoms with Gasteiger partial charge in [0.25, 0.3) is 0 Å². The van der Waals surface area contributed by atoms with E-state index >= 15 is 0 Å². The van der Waals surface area contributed by atoms with Gasteiger partial charge in [-0.05, 0) is 18.2 Å². The third kappa shape index (κ3) is 2.41. The minimum absolute atomic E-state index is 0.146. The number of nitrogens with zero attached hydrogens (tertiary/aromatic N) is 1. The highest BCUT2D eigenvalue weighted by Crippen LogP contribution is 2.25. The van der Waals surface area contributed by atoms with Gasteiger partial charge in [0.2, 0.25) is 0 Å². The number of para-hydroxylation sites is 1. The Labute approximate surface area is 119 Å². The fourth-order valence-electron chi connectivity index (χ4n) is 2.24. The maximum absolute atomic E-state index is 13.3. The summed E-state index contributed by atoms with van der Waals surface area (Å²) < 4.78 is 19.1. The smallest absolute Gasteiger partial charge is 0.193 e. The standard InChI is InChI=1S/C17H10FNO2/c18-13-5-1-4-12(9-13)16-10-15(20)14-6-2-3-11(7-8-19)17(14)21-16/h1-6,9-10H,7H2. The van der Waals surface area contributed by atoms with Crippen LogP contribution in [0.15, 0.2) is 57.7 Å². The van der Waals surface area contributed by atoms with Crippen molar-refractivity contribution in [3.8, 4) is 17.4 Å². The van der Waals surface area contributed by atoms with Crippen LogP contribution in [0, 0.1) is 17.1 Å². The summed E-state index contributed by atoms with van der Waals surface area (Å²) in [5.74, 6) is -0.113. The molecule has 4 heteroatoms. The Balaban J connectivity index is 2.29. The number of rotatable bonds is 2. The quantitative estimate of drug-likeness (QED) is 0.719. The predicted octanol–water partition coefficient (Wildman–Crippen LogP) is 3.67. The zero-order valence-electron chi connectivity index (χ0n) is 11.0. The average molecular weight is 279 g/mol. The molecule has 0 N–H and O–H groups in total.